The number of rotatable bonds is 3. The predicted octanol–water partition coefficient (Wildman–Crippen LogP) is -0.415. The lowest BCUT2D eigenvalue weighted by molar-refractivity contribution is 0.597. The fourth-order valence-corrected chi connectivity index (χ4v) is 0.549. The van der Waals surface area contributed by atoms with Crippen LogP contribution in [-0.2, 0) is 10.0 Å². The normalized spacial score (nSPS) is 10.3. The predicted molar refractivity (Wildman–Crippen MR) is 32.0 cm³/mol. The highest BCUT2D eigenvalue weighted by atomic mass is 32.2. The molecule has 0 bridgehead atoms. The summed E-state index contributed by atoms with van der Waals surface area (Å²) in [5.41, 5.74) is 7.69. The molecule has 0 rings (SSSR count). The van der Waals surface area contributed by atoms with Crippen LogP contribution < -0.4 is 5.14 Å². The van der Waals surface area contributed by atoms with E-state index in [0.717, 1.165) is 0 Å². The van der Waals surface area contributed by atoms with Gasteiger partial charge in [0.2, 0.25) is 10.0 Å². The van der Waals surface area contributed by atoms with Crippen molar-refractivity contribution in [2.45, 2.75) is 0 Å². The Morgan fingerprint density at radius 2 is 2.22 bits per heavy atom. The molecule has 0 heterocycles. The van der Waals surface area contributed by atoms with Gasteiger partial charge in [0, 0.05) is 11.5 Å². The number of sulfonamides is 1. The number of nitrogens with zero attached hydrogens (tertiary/aromatic N) is 3. The van der Waals surface area contributed by atoms with Gasteiger partial charge in [-0.2, -0.15) is 0 Å². The minimum absolute atomic E-state index is 0.102. The first-order valence-electron chi connectivity index (χ1n) is 2.07. The van der Waals surface area contributed by atoms with Gasteiger partial charge in [-0.25, -0.2) is 13.6 Å². The van der Waals surface area contributed by atoms with Crippen molar-refractivity contribution in [2.75, 3.05) is 12.3 Å². The van der Waals surface area contributed by atoms with Gasteiger partial charge in [0.1, 0.15) is 0 Å². The monoisotopic (exact) mass is 150 g/mol. The quantitative estimate of drug-likeness (QED) is 0.335. The van der Waals surface area contributed by atoms with E-state index in [4.69, 9.17) is 5.53 Å². The summed E-state index contributed by atoms with van der Waals surface area (Å²) in [5, 5.41) is 7.54. The molecule has 0 aliphatic rings. The Labute approximate surface area is 52.3 Å². The number of primary sulfonamides is 1. The van der Waals surface area contributed by atoms with Crippen molar-refractivity contribution in [2.24, 2.45) is 10.3 Å². The molecule has 0 spiro atoms. The maximum absolute atomic E-state index is 10.1. The van der Waals surface area contributed by atoms with E-state index in [0.29, 0.717) is 0 Å². The minimum atomic E-state index is -3.46. The van der Waals surface area contributed by atoms with Gasteiger partial charge in [-0.15, -0.1) is 0 Å². The fourth-order valence-electron chi connectivity index (χ4n) is 0.213. The lowest BCUT2D eigenvalue weighted by Gasteiger charge is -1.88. The van der Waals surface area contributed by atoms with E-state index in [9.17, 15) is 8.42 Å². The van der Waals surface area contributed by atoms with E-state index in [2.05, 4.69) is 15.2 Å². The van der Waals surface area contributed by atoms with Gasteiger partial charge in [-0.3, -0.25) is 0 Å². The average molecular weight is 150 g/mol. The molecule has 0 aromatic heterocycles. The highest BCUT2D eigenvalue weighted by Gasteiger charge is 1.98. The molecule has 2 N–H and O–H groups in total. The summed E-state index contributed by atoms with van der Waals surface area (Å²) in [7, 11) is -3.46. The van der Waals surface area contributed by atoms with Crippen LogP contribution in [0.4, 0.5) is 0 Å². The summed E-state index contributed by atoms with van der Waals surface area (Å²) >= 11 is 0. The van der Waals surface area contributed by atoms with Crippen LogP contribution in [0.1, 0.15) is 0 Å². The first-order chi connectivity index (χ1) is 4.06. The Balaban J connectivity index is 3.66. The second-order valence-corrected chi connectivity index (χ2v) is 3.06. The van der Waals surface area contributed by atoms with Gasteiger partial charge < -0.3 is 0 Å². The number of nitrogens with two attached hydrogens (primary N) is 1. The summed E-state index contributed by atoms with van der Waals surface area (Å²) in [6, 6.07) is 0. The molecule has 0 unspecified atom stereocenters. The largest absolute Gasteiger partial charge is 0.229 e. The lowest BCUT2D eigenvalue weighted by atomic mass is 10.8. The zero-order chi connectivity index (χ0) is 7.33. The second-order valence-electron chi connectivity index (χ2n) is 1.32. The molecule has 6 nitrogen and oxygen atoms in total. The average Bonchev–Trinajstić information content (AvgIpc) is 1.63. The van der Waals surface area contributed by atoms with Gasteiger partial charge in [0.05, 0.1) is 5.75 Å². The lowest BCUT2D eigenvalue weighted by Crippen LogP contribution is -2.17. The van der Waals surface area contributed by atoms with Crippen LogP contribution in [0.15, 0.2) is 5.11 Å². The fraction of sp³-hybridized carbons (Fsp3) is 1.00. The molecule has 0 aliphatic heterocycles. The van der Waals surface area contributed by atoms with Crippen LogP contribution in [-0.4, -0.2) is 20.7 Å². The molecule has 0 fully saturated rings. The van der Waals surface area contributed by atoms with Crippen molar-refractivity contribution >= 4 is 10.0 Å². The van der Waals surface area contributed by atoms with Crippen LogP contribution in [0.2, 0.25) is 0 Å². The molecule has 0 atom stereocenters. The maximum atomic E-state index is 10.1. The van der Waals surface area contributed by atoms with Crippen LogP contribution in [0.25, 0.3) is 10.4 Å². The highest BCUT2D eigenvalue weighted by Crippen LogP contribution is 1.77. The molecule has 0 aromatic carbocycles. The van der Waals surface area contributed by atoms with Gasteiger partial charge in [0.25, 0.3) is 0 Å². The molecular formula is C2H6N4O2S. The highest BCUT2D eigenvalue weighted by molar-refractivity contribution is 7.89. The van der Waals surface area contributed by atoms with E-state index < -0.39 is 10.0 Å². The van der Waals surface area contributed by atoms with Gasteiger partial charge >= 0.3 is 0 Å². The number of azide groups is 1. The van der Waals surface area contributed by atoms with Crippen molar-refractivity contribution in [1.29, 1.82) is 0 Å². The smallest absolute Gasteiger partial charge is 0.209 e. The third-order valence-corrected chi connectivity index (χ3v) is 1.29. The molecule has 52 valence electrons. The van der Waals surface area contributed by atoms with Gasteiger partial charge in [-0.1, -0.05) is 5.11 Å². The molecule has 0 amide bonds. The van der Waals surface area contributed by atoms with Crippen LogP contribution in [0, 0.1) is 0 Å². The van der Waals surface area contributed by atoms with E-state index in [1.54, 1.807) is 0 Å². The molecule has 7 heteroatoms. The summed E-state index contributed by atoms with van der Waals surface area (Å²) in [6.45, 7) is -0.102. The van der Waals surface area contributed by atoms with Crippen LogP contribution in [0.3, 0.4) is 0 Å². The van der Waals surface area contributed by atoms with E-state index in [1.165, 1.54) is 0 Å². The summed E-state index contributed by atoms with van der Waals surface area (Å²) in [6.07, 6.45) is 0. The molecule has 0 aromatic rings. The van der Waals surface area contributed by atoms with Crippen LogP contribution >= 0.6 is 0 Å². The number of hydrogen-bond acceptors (Lipinski definition) is 3. The van der Waals surface area contributed by atoms with Crippen molar-refractivity contribution in [3.63, 3.8) is 0 Å². The first kappa shape index (κ1) is 8.22. The third-order valence-electron chi connectivity index (χ3n) is 0.539. The molecule has 0 radical (unpaired) electrons. The molecule has 0 aliphatic carbocycles. The molecule has 9 heavy (non-hydrogen) atoms. The van der Waals surface area contributed by atoms with Crippen molar-refractivity contribution in [1.82, 2.24) is 0 Å². The molecule has 0 saturated heterocycles. The molecule has 0 saturated carbocycles. The zero-order valence-electron chi connectivity index (χ0n) is 4.56. The van der Waals surface area contributed by atoms with E-state index >= 15 is 0 Å². The maximum Gasteiger partial charge on any atom is 0.209 e. The summed E-state index contributed by atoms with van der Waals surface area (Å²) in [4.78, 5) is 2.34. The Bertz CT molecular complexity index is 213. The van der Waals surface area contributed by atoms with Crippen LogP contribution in [0.5, 0.6) is 0 Å². The van der Waals surface area contributed by atoms with Crippen molar-refractivity contribution in [3.05, 3.63) is 10.4 Å². The van der Waals surface area contributed by atoms with Gasteiger partial charge in [-0.05, 0) is 5.53 Å². The minimum Gasteiger partial charge on any atom is -0.229 e. The third kappa shape index (κ3) is 7.22. The first-order valence-corrected chi connectivity index (χ1v) is 3.79. The van der Waals surface area contributed by atoms with Gasteiger partial charge in [0.15, 0.2) is 0 Å². The van der Waals surface area contributed by atoms with E-state index in [-0.39, 0.29) is 12.3 Å². The Morgan fingerprint density at radius 3 is 2.56 bits per heavy atom. The Kier molecular flexibility index (Phi) is 3.00. The van der Waals surface area contributed by atoms with Crippen molar-refractivity contribution in [3.8, 4) is 0 Å². The zero-order valence-corrected chi connectivity index (χ0v) is 5.37. The Hall–Kier alpha value is -0.780. The SMILES string of the molecule is [N-]=[N+]=NCCS(N)(=O)=O. The van der Waals surface area contributed by atoms with E-state index in [1.807, 2.05) is 0 Å². The summed E-state index contributed by atoms with van der Waals surface area (Å²) in [5.74, 6) is -0.295. The second kappa shape index (κ2) is 3.29. The topological polar surface area (TPSA) is 109 Å². The summed E-state index contributed by atoms with van der Waals surface area (Å²) < 4.78 is 20.2. The molecular weight excluding hydrogens is 144 g/mol. The standard InChI is InChI=1S/C2H6N4O2S/c3-6-5-1-2-9(4,7)8/h1-2H2,(H2,4,7,8). The number of hydrogen-bond donors (Lipinski definition) is 1. The Morgan fingerprint density at radius 1 is 1.67 bits per heavy atom. The van der Waals surface area contributed by atoms with Crippen molar-refractivity contribution < 1.29 is 8.42 Å².